The second kappa shape index (κ2) is 8.45. The predicted molar refractivity (Wildman–Crippen MR) is 105 cm³/mol. The summed E-state index contributed by atoms with van der Waals surface area (Å²) >= 11 is 1.64. The molecule has 1 aromatic carbocycles. The van der Waals surface area contributed by atoms with Gasteiger partial charge in [-0.05, 0) is 24.3 Å². The van der Waals surface area contributed by atoms with Crippen molar-refractivity contribution in [1.82, 2.24) is 18.8 Å². The maximum Gasteiger partial charge on any atom is 0.262 e. The number of hydrogen-bond acceptors (Lipinski definition) is 5. The summed E-state index contributed by atoms with van der Waals surface area (Å²) in [6.45, 7) is 3.62. The van der Waals surface area contributed by atoms with E-state index in [2.05, 4.69) is 11.9 Å². The van der Waals surface area contributed by atoms with Crippen molar-refractivity contribution < 1.29 is 13.2 Å². The van der Waals surface area contributed by atoms with Crippen molar-refractivity contribution in [1.29, 1.82) is 0 Å². The third-order valence-electron chi connectivity index (χ3n) is 4.44. The van der Waals surface area contributed by atoms with Crippen LogP contribution in [0.2, 0.25) is 0 Å². The summed E-state index contributed by atoms with van der Waals surface area (Å²) < 4.78 is 28.6. The van der Waals surface area contributed by atoms with Crippen LogP contribution in [0.1, 0.15) is 23.7 Å². The lowest BCUT2D eigenvalue weighted by Crippen LogP contribution is -2.37. The molecule has 1 aliphatic heterocycles. The number of sulfonamides is 1. The Bertz CT molecular complexity index is 911. The molecule has 2 heterocycles. The highest BCUT2D eigenvalue weighted by Gasteiger charge is 2.30. The van der Waals surface area contributed by atoms with Crippen molar-refractivity contribution >= 4 is 27.7 Å². The molecule has 0 aliphatic carbocycles. The summed E-state index contributed by atoms with van der Waals surface area (Å²) in [6.07, 6.45) is 3.57. The molecule has 7 nitrogen and oxygen atoms in total. The predicted octanol–water partition coefficient (Wildman–Crippen LogP) is 2.07. The molecule has 1 aliphatic rings. The van der Waals surface area contributed by atoms with E-state index in [1.165, 1.54) is 16.8 Å². The number of rotatable bonds is 5. The SMILES string of the molecule is CCSc1ccccc1C(=O)N1CCCN(S(=O)(=O)c2cn(C)cn2)CC1. The van der Waals surface area contributed by atoms with Gasteiger partial charge in [0.1, 0.15) is 0 Å². The minimum absolute atomic E-state index is 0.0383. The molecule has 9 heteroatoms. The lowest BCUT2D eigenvalue weighted by Gasteiger charge is -2.22. The van der Waals surface area contributed by atoms with E-state index in [1.54, 1.807) is 28.3 Å². The molecule has 146 valence electrons. The summed E-state index contributed by atoms with van der Waals surface area (Å²) in [5.41, 5.74) is 0.686. The van der Waals surface area contributed by atoms with E-state index < -0.39 is 10.0 Å². The number of aromatic nitrogens is 2. The van der Waals surface area contributed by atoms with Crippen LogP contribution in [0.15, 0.2) is 46.7 Å². The van der Waals surface area contributed by atoms with Crippen molar-refractivity contribution in [3.05, 3.63) is 42.4 Å². The van der Waals surface area contributed by atoms with Crippen LogP contribution in [0, 0.1) is 0 Å². The first-order valence-corrected chi connectivity index (χ1v) is 11.3. The zero-order chi connectivity index (χ0) is 19.4. The molecule has 1 amide bonds. The molecular formula is C18H24N4O3S2. The van der Waals surface area contributed by atoms with E-state index in [0.717, 1.165) is 10.6 Å². The van der Waals surface area contributed by atoms with E-state index in [-0.39, 0.29) is 17.5 Å². The van der Waals surface area contributed by atoms with Gasteiger partial charge < -0.3 is 9.47 Å². The number of imidazole rings is 1. The molecule has 0 atom stereocenters. The van der Waals surface area contributed by atoms with Gasteiger partial charge in [-0.15, -0.1) is 11.8 Å². The average Bonchev–Trinajstić information content (AvgIpc) is 2.95. The standard InChI is InChI=1S/C18H24N4O3S2/c1-3-26-16-8-5-4-7-15(16)18(23)21-9-6-10-22(12-11-21)27(24,25)17-13-20(2)14-19-17/h4-5,7-8,13-14H,3,6,9-12H2,1-2H3. The highest BCUT2D eigenvalue weighted by molar-refractivity contribution is 7.99. The summed E-state index contributed by atoms with van der Waals surface area (Å²) in [4.78, 5) is 19.7. The summed E-state index contributed by atoms with van der Waals surface area (Å²) in [7, 11) is -1.90. The zero-order valence-corrected chi connectivity index (χ0v) is 17.2. The number of aryl methyl sites for hydroxylation is 1. The third-order valence-corrected chi connectivity index (χ3v) is 7.18. The maximum atomic E-state index is 13.0. The average molecular weight is 409 g/mol. The van der Waals surface area contributed by atoms with Gasteiger partial charge in [0.2, 0.25) is 0 Å². The number of nitrogens with zero attached hydrogens (tertiary/aromatic N) is 4. The Balaban J connectivity index is 1.74. The molecule has 1 saturated heterocycles. The van der Waals surface area contributed by atoms with Crippen molar-refractivity contribution in [2.75, 3.05) is 31.9 Å². The monoisotopic (exact) mass is 408 g/mol. The van der Waals surface area contributed by atoms with Crippen LogP contribution in [0.3, 0.4) is 0 Å². The molecule has 1 aromatic heterocycles. The van der Waals surface area contributed by atoms with Gasteiger partial charge in [-0.2, -0.15) is 4.31 Å². The van der Waals surface area contributed by atoms with Gasteiger partial charge in [-0.25, -0.2) is 13.4 Å². The first kappa shape index (κ1) is 19.9. The number of carbonyl (C=O) groups excluding carboxylic acids is 1. The van der Waals surface area contributed by atoms with Gasteiger partial charge in [0.05, 0.1) is 11.9 Å². The summed E-state index contributed by atoms with van der Waals surface area (Å²) in [6, 6.07) is 7.59. The van der Waals surface area contributed by atoms with Crippen molar-refractivity contribution in [3.8, 4) is 0 Å². The van der Waals surface area contributed by atoms with E-state index in [1.807, 2.05) is 24.3 Å². The fraction of sp³-hybridized carbons (Fsp3) is 0.444. The van der Waals surface area contributed by atoms with Crippen molar-refractivity contribution in [2.24, 2.45) is 7.05 Å². The van der Waals surface area contributed by atoms with Gasteiger partial charge in [-0.1, -0.05) is 19.1 Å². The number of carbonyl (C=O) groups is 1. The first-order valence-electron chi connectivity index (χ1n) is 8.92. The fourth-order valence-corrected chi connectivity index (χ4v) is 5.32. The van der Waals surface area contributed by atoms with Gasteiger partial charge in [-0.3, -0.25) is 4.79 Å². The Kier molecular flexibility index (Phi) is 6.23. The highest BCUT2D eigenvalue weighted by atomic mass is 32.2. The van der Waals surface area contributed by atoms with Crippen molar-refractivity contribution in [2.45, 2.75) is 23.3 Å². The first-order chi connectivity index (χ1) is 12.9. The van der Waals surface area contributed by atoms with Crippen LogP contribution in [-0.4, -0.2) is 65.0 Å². The highest BCUT2D eigenvalue weighted by Crippen LogP contribution is 2.24. The van der Waals surface area contributed by atoms with Crippen LogP contribution in [0.4, 0.5) is 0 Å². The number of thioether (sulfide) groups is 1. The molecule has 1 fully saturated rings. The number of amides is 1. The molecule has 3 rings (SSSR count). The largest absolute Gasteiger partial charge is 0.339 e. The fourth-order valence-electron chi connectivity index (χ4n) is 3.09. The molecule has 0 saturated carbocycles. The van der Waals surface area contributed by atoms with E-state index in [4.69, 9.17) is 0 Å². The van der Waals surface area contributed by atoms with Crippen LogP contribution in [-0.2, 0) is 17.1 Å². The lowest BCUT2D eigenvalue weighted by molar-refractivity contribution is 0.0761. The minimum Gasteiger partial charge on any atom is -0.339 e. The molecule has 0 bridgehead atoms. The molecule has 0 unspecified atom stereocenters. The molecule has 0 radical (unpaired) electrons. The normalized spacial score (nSPS) is 16.3. The Labute approximate surface area is 164 Å². The molecule has 0 N–H and O–H groups in total. The van der Waals surface area contributed by atoms with E-state index in [9.17, 15) is 13.2 Å². The van der Waals surface area contributed by atoms with Crippen LogP contribution >= 0.6 is 11.8 Å². The molecular weight excluding hydrogens is 384 g/mol. The lowest BCUT2D eigenvalue weighted by atomic mass is 10.2. The second-order valence-electron chi connectivity index (χ2n) is 6.36. The summed E-state index contributed by atoms with van der Waals surface area (Å²) in [5.74, 6) is 0.851. The maximum absolute atomic E-state index is 13.0. The van der Waals surface area contributed by atoms with Crippen LogP contribution < -0.4 is 0 Å². The zero-order valence-electron chi connectivity index (χ0n) is 15.5. The van der Waals surface area contributed by atoms with Crippen molar-refractivity contribution in [3.63, 3.8) is 0 Å². The smallest absolute Gasteiger partial charge is 0.262 e. The molecule has 2 aromatic rings. The Hall–Kier alpha value is -1.84. The Morgan fingerprint density at radius 3 is 2.67 bits per heavy atom. The molecule has 0 spiro atoms. The third kappa shape index (κ3) is 4.36. The molecule has 27 heavy (non-hydrogen) atoms. The number of benzene rings is 1. The topological polar surface area (TPSA) is 75.5 Å². The van der Waals surface area contributed by atoms with Crippen LogP contribution in [0.25, 0.3) is 0 Å². The van der Waals surface area contributed by atoms with Crippen LogP contribution in [0.5, 0.6) is 0 Å². The second-order valence-corrected chi connectivity index (χ2v) is 9.55. The van der Waals surface area contributed by atoms with E-state index in [0.29, 0.717) is 31.6 Å². The Morgan fingerprint density at radius 1 is 1.19 bits per heavy atom. The summed E-state index contributed by atoms with van der Waals surface area (Å²) in [5, 5.41) is 0.0504. The van der Waals surface area contributed by atoms with Gasteiger partial charge in [0.25, 0.3) is 15.9 Å². The quantitative estimate of drug-likeness (QED) is 0.708. The van der Waals surface area contributed by atoms with Gasteiger partial charge in [0.15, 0.2) is 5.03 Å². The number of hydrogen-bond donors (Lipinski definition) is 0. The Morgan fingerprint density at radius 2 is 1.96 bits per heavy atom. The van der Waals surface area contributed by atoms with E-state index >= 15 is 0 Å². The van der Waals surface area contributed by atoms with Gasteiger partial charge in [0, 0.05) is 44.3 Å². The minimum atomic E-state index is -3.64. The van der Waals surface area contributed by atoms with Gasteiger partial charge >= 0.3 is 0 Å².